The number of aromatic carboxylic acids is 1. The summed E-state index contributed by atoms with van der Waals surface area (Å²) in [5.41, 5.74) is 8.82. The normalized spacial score (nSPS) is 12.6. The highest BCUT2D eigenvalue weighted by molar-refractivity contribution is 6.31. The lowest BCUT2D eigenvalue weighted by molar-refractivity contribution is -0.137. The second kappa shape index (κ2) is 35.0. The Hall–Kier alpha value is -9.61. The largest absolute Gasteiger partial charge is 0.490 e. The molecule has 1 aliphatic rings. The third-order valence-electron chi connectivity index (χ3n) is 13.6. The number of hydrogen-bond donors (Lipinski definition) is 9. The van der Waals surface area contributed by atoms with Gasteiger partial charge < -0.3 is 76.1 Å². The van der Waals surface area contributed by atoms with Crippen molar-refractivity contribution in [3.8, 4) is 28.3 Å². The Kier molecular flexibility index (Phi) is 26.5. The van der Waals surface area contributed by atoms with Crippen LogP contribution in [0.25, 0.3) is 33.4 Å². The predicted molar refractivity (Wildman–Crippen MR) is 328 cm³/mol. The fourth-order valence-corrected chi connectivity index (χ4v) is 9.08. The molecule has 0 unspecified atom stereocenters. The molecule has 0 radical (unpaired) electrons. The van der Waals surface area contributed by atoms with E-state index in [1.165, 1.54) is 48.7 Å². The molecule has 7 rings (SSSR count). The number of fused-ring (bicyclic) bond motifs is 1. The van der Waals surface area contributed by atoms with Gasteiger partial charge in [0.1, 0.15) is 48.5 Å². The van der Waals surface area contributed by atoms with E-state index in [-0.39, 0.29) is 121 Å². The van der Waals surface area contributed by atoms with Crippen LogP contribution in [0.3, 0.4) is 0 Å². The molecule has 1 aliphatic heterocycles. The lowest BCUT2D eigenvalue weighted by Gasteiger charge is -2.25. The van der Waals surface area contributed by atoms with Crippen molar-refractivity contribution < 1.29 is 80.7 Å². The summed E-state index contributed by atoms with van der Waals surface area (Å²) in [5.74, 6) is -4.82. The highest BCUT2D eigenvalue weighted by Crippen LogP contribution is 2.34. The smallest absolute Gasteiger partial charge is 0.407 e. The van der Waals surface area contributed by atoms with E-state index in [0.717, 1.165) is 11.0 Å². The van der Waals surface area contributed by atoms with E-state index >= 15 is 0 Å². The number of alkyl carbamates (subject to hydrolysis) is 1. The Bertz CT molecular complexity index is 3540. The second-order valence-electron chi connectivity index (χ2n) is 20.6. The van der Waals surface area contributed by atoms with Crippen LogP contribution in [-0.2, 0) is 60.8 Å². The molecule has 8 amide bonds. The topological polar surface area (TPSA) is 355 Å². The van der Waals surface area contributed by atoms with Crippen molar-refractivity contribution in [3.63, 3.8) is 0 Å². The zero-order valence-electron chi connectivity index (χ0n) is 49.8. The molecule has 29 heteroatoms. The summed E-state index contributed by atoms with van der Waals surface area (Å²) in [7, 11) is 0. The fraction of sp³-hybridized carbons (Fsp3) is 0.355. The van der Waals surface area contributed by atoms with Gasteiger partial charge in [0.25, 0.3) is 11.8 Å². The number of hydrogen-bond acceptors (Lipinski definition) is 17. The number of imidazole rings is 1. The fourth-order valence-electron chi connectivity index (χ4n) is 8.90. The van der Waals surface area contributed by atoms with E-state index in [1.54, 1.807) is 50.2 Å². The van der Waals surface area contributed by atoms with Crippen molar-refractivity contribution in [2.45, 2.75) is 58.3 Å². The van der Waals surface area contributed by atoms with Crippen molar-refractivity contribution in [2.24, 2.45) is 11.7 Å². The molecule has 0 aliphatic carbocycles. The van der Waals surface area contributed by atoms with Crippen molar-refractivity contribution in [3.05, 3.63) is 137 Å². The quantitative estimate of drug-likeness (QED) is 0.0154. The number of carbonyl (C=O) groups is 8. The minimum absolute atomic E-state index is 0.0466. The molecule has 4 aromatic carbocycles. The number of amides is 8. The van der Waals surface area contributed by atoms with Gasteiger partial charge in [-0.15, -0.1) is 0 Å². The summed E-state index contributed by atoms with van der Waals surface area (Å²) in [4.78, 5) is 113. The van der Waals surface area contributed by atoms with E-state index < -0.39 is 65.1 Å². The Morgan fingerprint density at radius 2 is 1.41 bits per heavy atom. The standard InChI is InChI=1S/C62H70ClF2N11O15/c1-37(2)55(75-52(77)17-21-86-24-26-88-28-29-89-27-25-87-23-20-76-53(78)15-16-54(76)79)59(81)72-50(4-3-18-67-61(66)84)58(80)71-42-9-5-38(6-10-42)36-91-62(85)68-19-22-90-44-31-41-30-39(8-14-49(41)70-34-44)56-57(40-7-12-48(65)46(63)32-40)74-51(73-56)35-69-43-11-13-47(64)45(33-43)60(82)83/h5-16,30-34,37,50,55,69H,3-4,17-29,35-36H2,1-2H3,(H,68,85)(H,71,80)(H,72,81)(H,73,74)(H,75,77)(H,82,83)(H3,66,67,84)/t50-,55-/m0/s1. The number of aromatic amines is 1. The van der Waals surface area contributed by atoms with Gasteiger partial charge in [-0.05, 0) is 91.1 Å². The number of aromatic nitrogens is 3. The van der Waals surface area contributed by atoms with Crippen LogP contribution in [0, 0.1) is 17.6 Å². The number of carboxylic acid groups (broad SMARTS) is 1. The first-order chi connectivity index (χ1) is 43.8. The van der Waals surface area contributed by atoms with E-state index in [4.69, 9.17) is 50.7 Å². The molecule has 0 spiro atoms. The Morgan fingerprint density at radius 3 is 2.09 bits per heavy atom. The Morgan fingerprint density at radius 1 is 0.736 bits per heavy atom. The number of urea groups is 1. The number of nitrogens with two attached hydrogens (primary N) is 1. The number of H-pyrrole nitrogens is 1. The van der Waals surface area contributed by atoms with Gasteiger partial charge in [-0.1, -0.05) is 43.6 Å². The number of imide groups is 1. The van der Waals surface area contributed by atoms with Crippen LogP contribution in [0.5, 0.6) is 5.75 Å². The molecule has 10 N–H and O–H groups in total. The maximum absolute atomic E-state index is 14.3. The zero-order chi connectivity index (χ0) is 65.2. The second-order valence-corrected chi connectivity index (χ2v) is 21.1. The molecule has 0 fully saturated rings. The van der Waals surface area contributed by atoms with Crippen LogP contribution in [0.15, 0.2) is 103 Å². The molecular weight excluding hydrogens is 1210 g/mol. The van der Waals surface area contributed by atoms with E-state index in [0.29, 0.717) is 75.1 Å². The summed E-state index contributed by atoms with van der Waals surface area (Å²) in [6, 6.07) is 18.7. The van der Waals surface area contributed by atoms with Gasteiger partial charge in [0, 0.05) is 53.0 Å². The molecule has 2 aromatic heterocycles. The first-order valence-corrected chi connectivity index (χ1v) is 29.3. The summed E-state index contributed by atoms with van der Waals surface area (Å²) in [5, 5.41) is 26.3. The Labute approximate surface area is 526 Å². The van der Waals surface area contributed by atoms with E-state index in [9.17, 15) is 52.2 Å². The number of anilines is 2. The predicted octanol–water partition coefficient (Wildman–Crippen LogP) is 6.23. The molecule has 3 heterocycles. The van der Waals surface area contributed by atoms with Crippen LogP contribution in [0.2, 0.25) is 5.02 Å². The monoisotopic (exact) mass is 1280 g/mol. The molecule has 0 saturated carbocycles. The Balaban J connectivity index is 0.820. The van der Waals surface area contributed by atoms with Crippen LogP contribution >= 0.6 is 11.6 Å². The van der Waals surface area contributed by atoms with E-state index in [2.05, 4.69) is 41.9 Å². The number of rotatable bonds is 37. The lowest BCUT2D eigenvalue weighted by Crippen LogP contribution is -2.54. The average molecular weight is 1280 g/mol. The third kappa shape index (κ3) is 21.8. The first-order valence-electron chi connectivity index (χ1n) is 28.9. The van der Waals surface area contributed by atoms with Crippen molar-refractivity contribution in [1.29, 1.82) is 0 Å². The molecule has 6 aromatic rings. The number of carbonyl (C=O) groups excluding carboxylic acids is 7. The van der Waals surface area contributed by atoms with Gasteiger partial charge in [0.2, 0.25) is 17.7 Å². The molecule has 484 valence electrons. The minimum Gasteiger partial charge on any atom is -0.490 e. The number of halogens is 3. The number of nitrogens with one attached hydrogen (secondary N) is 7. The molecule has 91 heavy (non-hydrogen) atoms. The number of primary amides is 1. The highest BCUT2D eigenvalue weighted by atomic mass is 35.5. The average Bonchev–Trinajstić information content (AvgIpc) is 1.74. The molecule has 26 nitrogen and oxygen atoms in total. The molecule has 0 bridgehead atoms. The van der Waals surface area contributed by atoms with Crippen molar-refractivity contribution >= 4 is 81.5 Å². The molecule has 2 atom stereocenters. The van der Waals surface area contributed by atoms with E-state index in [1.807, 2.05) is 12.1 Å². The minimum atomic E-state index is -1.42. The first kappa shape index (κ1) is 68.9. The van der Waals surface area contributed by atoms with Gasteiger partial charge in [0.05, 0.1) is 106 Å². The van der Waals surface area contributed by atoms with Crippen LogP contribution < -0.4 is 42.4 Å². The third-order valence-corrected chi connectivity index (χ3v) is 13.9. The van der Waals surface area contributed by atoms with Gasteiger partial charge in [-0.25, -0.2) is 28.1 Å². The summed E-state index contributed by atoms with van der Waals surface area (Å²) < 4.78 is 61.5. The number of nitrogens with zero attached hydrogens (tertiary/aromatic N) is 3. The van der Waals surface area contributed by atoms with Gasteiger partial charge >= 0.3 is 18.1 Å². The van der Waals surface area contributed by atoms with Crippen molar-refractivity contribution in [2.75, 3.05) is 89.7 Å². The molecular formula is C62H70ClF2N11O15. The number of carboxylic acids is 1. The van der Waals surface area contributed by atoms with Crippen LogP contribution in [0.1, 0.15) is 54.9 Å². The van der Waals surface area contributed by atoms with Crippen LogP contribution in [0.4, 0.5) is 29.7 Å². The molecule has 0 saturated heterocycles. The number of ether oxygens (including phenoxy) is 6. The highest BCUT2D eigenvalue weighted by Gasteiger charge is 2.29. The number of benzene rings is 4. The summed E-state index contributed by atoms with van der Waals surface area (Å²) in [6.07, 6.45) is 3.55. The summed E-state index contributed by atoms with van der Waals surface area (Å²) >= 11 is 6.17. The maximum atomic E-state index is 14.3. The van der Waals surface area contributed by atoms with Gasteiger partial charge in [0.15, 0.2) is 0 Å². The maximum Gasteiger partial charge on any atom is 0.407 e. The van der Waals surface area contributed by atoms with Crippen LogP contribution in [-0.4, -0.2) is 164 Å². The zero-order valence-corrected chi connectivity index (χ0v) is 50.5. The van der Waals surface area contributed by atoms with Gasteiger partial charge in [-0.3, -0.25) is 33.9 Å². The van der Waals surface area contributed by atoms with Crippen molar-refractivity contribution in [1.82, 2.24) is 41.1 Å². The number of pyridine rings is 1. The lowest BCUT2D eigenvalue weighted by atomic mass is 10.0. The summed E-state index contributed by atoms with van der Waals surface area (Å²) in [6.45, 7) is 5.69. The van der Waals surface area contributed by atoms with Gasteiger partial charge in [-0.2, -0.15) is 0 Å². The SMILES string of the molecule is CC(C)[C@H](NC(=O)CCOCCOCCOCCOCCN1C(=O)C=CC1=O)C(=O)N[C@@H](CCCNC(N)=O)C(=O)Nc1ccc(COC(=O)NCCOc2cnc3ccc(-c4[nH]c(CNc5ccc(F)c(C(=O)O)c5)nc4-c4ccc(F)c(Cl)c4)cc3c2)cc1.